The third-order valence-corrected chi connectivity index (χ3v) is 7.99. The van der Waals surface area contributed by atoms with Crippen molar-refractivity contribution >= 4 is 15.9 Å². The van der Waals surface area contributed by atoms with E-state index in [1.54, 1.807) is 36.4 Å². The quantitative estimate of drug-likeness (QED) is 0.698. The summed E-state index contributed by atoms with van der Waals surface area (Å²) in [7, 11) is -3.41. The van der Waals surface area contributed by atoms with Crippen LogP contribution in [0.15, 0.2) is 53.4 Å². The van der Waals surface area contributed by atoms with Gasteiger partial charge in [-0.2, -0.15) is 4.31 Å². The van der Waals surface area contributed by atoms with Crippen LogP contribution in [0, 0.1) is 5.82 Å². The van der Waals surface area contributed by atoms with E-state index in [4.69, 9.17) is 0 Å². The number of sulfonamides is 1. The van der Waals surface area contributed by atoms with Gasteiger partial charge in [-0.05, 0) is 67.5 Å². The molecule has 2 fully saturated rings. The number of rotatable bonds is 6. The molecule has 30 heavy (non-hydrogen) atoms. The molecule has 0 saturated carbocycles. The van der Waals surface area contributed by atoms with Gasteiger partial charge in [0, 0.05) is 26.1 Å². The minimum atomic E-state index is -3.41. The van der Waals surface area contributed by atoms with Gasteiger partial charge in [0.15, 0.2) is 0 Å². The van der Waals surface area contributed by atoms with E-state index < -0.39 is 10.0 Å². The Kier molecular flexibility index (Phi) is 6.20. The lowest BCUT2D eigenvalue weighted by atomic mass is 10.0. The smallest absolute Gasteiger partial charge is 0.243 e. The SMILES string of the molecule is O=C(CCc1ccc(S(=O)(=O)N2CCCC2)cc1)N1CCC[C@H]1c1ccc(F)cc1. The van der Waals surface area contributed by atoms with Crippen molar-refractivity contribution in [1.82, 2.24) is 9.21 Å². The summed E-state index contributed by atoms with van der Waals surface area (Å²) in [6.07, 6.45) is 4.59. The Labute approximate surface area is 177 Å². The van der Waals surface area contributed by atoms with Gasteiger partial charge in [-0.1, -0.05) is 24.3 Å². The Hall–Kier alpha value is -2.25. The van der Waals surface area contributed by atoms with Crippen LogP contribution in [0.4, 0.5) is 4.39 Å². The highest BCUT2D eigenvalue weighted by molar-refractivity contribution is 7.89. The zero-order valence-electron chi connectivity index (χ0n) is 17.0. The van der Waals surface area contributed by atoms with Crippen molar-refractivity contribution in [1.29, 1.82) is 0 Å². The van der Waals surface area contributed by atoms with Gasteiger partial charge in [-0.15, -0.1) is 0 Å². The maximum absolute atomic E-state index is 13.2. The summed E-state index contributed by atoms with van der Waals surface area (Å²) in [4.78, 5) is 15.0. The Balaban J connectivity index is 1.37. The Morgan fingerprint density at radius 3 is 2.27 bits per heavy atom. The third kappa shape index (κ3) is 4.42. The van der Waals surface area contributed by atoms with E-state index in [0.29, 0.717) is 37.4 Å². The van der Waals surface area contributed by atoms with Gasteiger partial charge in [-0.3, -0.25) is 4.79 Å². The highest BCUT2D eigenvalue weighted by Gasteiger charge is 2.30. The van der Waals surface area contributed by atoms with Crippen LogP contribution in [0.1, 0.15) is 49.3 Å². The molecule has 1 amide bonds. The normalized spacial score (nSPS) is 20.0. The molecule has 5 nitrogen and oxygen atoms in total. The predicted molar refractivity (Wildman–Crippen MR) is 113 cm³/mol. The molecule has 2 aliphatic heterocycles. The van der Waals surface area contributed by atoms with Crippen molar-refractivity contribution < 1.29 is 17.6 Å². The third-order valence-electron chi connectivity index (χ3n) is 6.08. The number of amides is 1. The van der Waals surface area contributed by atoms with Gasteiger partial charge in [0.25, 0.3) is 0 Å². The summed E-state index contributed by atoms with van der Waals surface area (Å²) in [5.74, 6) is -0.194. The first-order valence-corrected chi connectivity index (χ1v) is 12.0. The van der Waals surface area contributed by atoms with Gasteiger partial charge in [0.05, 0.1) is 10.9 Å². The van der Waals surface area contributed by atoms with Crippen LogP contribution in [0.2, 0.25) is 0 Å². The van der Waals surface area contributed by atoms with E-state index in [2.05, 4.69) is 0 Å². The number of aryl methyl sites for hydroxylation is 1. The van der Waals surface area contributed by atoms with Gasteiger partial charge < -0.3 is 4.90 Å². The van der Waals surface area contributed by atoms with E-state index in [-0.39, 0.29) is 17.8 Å². The fraction of sp³-hybridized carbons (Fsp3) is 0.435. The molecule has 0 spiro atoms. The predicted octanol–water partition coefficient (Wildman–Crippen LogP) is 3.91. The van der Waals surface area contributed by atoms with Crippen LogP contribution in [-0.4, -0.2) is 43.2 Å². The first-order chi connectivity index (χ1) is 14.4. The maximum atomic E-state index is 13.2. The van der Waals surface area contributed by atoms with Crippen molar-refractivity contribution in [3.63, 3.8) is 0 Å². The molecule has 0 aromatic heterocycles. The van der Waals surface area contributed by atoms with E-state index >= 15 is 0 Å². The average molecular weight is 431 g/mol. The molecule has 0 radical (unpaired) electrons. The van der Waals surface area contributed by atoms with Gasteiger partial charge >= 0.3 is 0 Å². The first kappa shape index (κ1) is 21.0. The van der Waals surface area contributed by atoms with Crippen molar-refractivity contribution in [3.05, 3.63) is 65.5 Å². The Morgan fingerprint density at radius 1 is 0.933 bits per heavy atom. The zero-order valence-corrected chi connectivity index (χ0v) is 17.8. The standard InChI is InChI=1S/C23H27FN2O3S/c24-20-10-8-19(9-11-20)22-4-3-17-26(22)23(27)14-7-18-5-12-21(13-6-18)30(28,29)25-15-1-2-16-25/h5-6,8-13,22H,1-4,7,14-17H2/t22-/m0/s1. The summed E-state index contributed by atoms with van der Waals surface area (Å²) >= 11 is 0. The number of nitrogens with zero attached hydrogens (tertiary/aromatic N) is 2. The molecule has 7 heteroatoms. The molecular weight excluding hydrogens is 403 g/mol. The van der Waals surface area contributed by atoms with E-state index in [9.17, 15) is 17.6 Å². The topological polar surface area (TPSA) is 57.7 Å². The minimum Gasteiger partial charge on any atom is -0.336 e. The van der Waals surface area contributed by atoms with Gasteiger partial charge in [0.2, 0.25) is 15.9 Å². The van der Waals surface area contributed by atoms with Gasteiger partial charge in [-0.25, -0.2) is 12.8 Å². The number of hydrogen-bond donors (Lipinski definition) is 0. The summed E-state index contributed by atoms with van der Waals surface area (Å²) in [6.45, 7) is 1.89. The lowest BCUT2D eigenvalue weighted by Gasteiger charge is -2.25. The number of carbonyl (C=O) groups is 1. The van der Waals surface area contributed by atoms with Crippen LogP contribution in [0.3, 0.4) is 0 Å². The van der Waals surface area contributed by atoms with E-state index in [1.165, 1.54) is 16.4 Å². The molecule has 2 aromatic rings. The molecule has 2 saturated heterocycles. The second-order valence-corrected chi connectivity index (χ2v) is 9.99. The summed E-state index contributed by atoms with van der Waals surface area (Å²) in [6, 6.07) is 13.3. The highest BCUT2D eigenvalue weighted by atomic mass is 32.2. The molecule has 1 atom stereocenters. The molecule has 2 heterocycles. The fourth-order valence-corrected chi connectivity index (χ4v) is 5.91. The number of halogens is 1. The monoisotopic (exact) mass is 430 g/mol. The van der Waals surface area contributed by atoms with Crippen molar-refractivity contribution in [2.45, 2.75) is 49.5 Å². The van der Waals surface area contributed by atoms with Crippen molar-refractivity contribution in [3.8, 4) is 0 Å². The summed E-state index contributed by atoms with van der Waals surface area (Å²) < 4.78 is 40.0. The maximum Gasteiger partial charge on any atom is 0.243 e. The van der Waals surface area contributed by atoms with Crippen molar-refractivity contribution in [2.75, 3.05) is 19.6 Å². The van der Waals surface area contributed by atoms with Crippen LogP contribution in [0.25, 0.3) is 0 Å². The zero-order chi connectivity index (χ0) is 21.1. The number of carbonyl (C=O) groups excluding carboxylic acids is 1. The minimum absolute atomic E-state index is 0.00563. The molecule has 0 unspecified atom stereocenters. The van der Waals surface area contributed by atoms with Crippen molar-refractivity contribution in [2.24, 2.45) is 0 Å². The molecule has 0 bridgehead atoms. The Bertz CT molecular complexity index is 984. The van der Waals surface area contributed by atoms with E-state index in [1.807, 2.05) is 4.90 Å². The number of benzene rings is 2. The van der Waals surface area contributed by atoms with Crippen LogP contribution in [0.5, 0.6) is 0 Å². The van der Waals surface area contributed by atoms with Crippen LogP contribution < -0.4 is 0 Å². The van der Waals surface area contributed by atoms with Crippen LogP contribution in [-0.2, 0) is 21.2 Å². The highest BCUT2D eigenvalue weighted by Crippen LogP contribution is 2.32. The first-order valence-electron chi connectivity index (χ1n) is 10.6. The molecule has 0 N–H and O–H groups in total. The lowest BCUT2D eigenvalue weighted by molar-refractivity contribution is -0.132. The van der Waals surface area contributed by atoms with Gasteiger partial charge in [0.1, 0.15) is 5.82 Å². The Morgan fingerprint density at radius 2 is 1.60 bits per heavy atom. The van der Waals surface area contributed by atoms with Crippen LogP contribution >= 0.6 is 0 Å². The number of likely N-dealkylation sites (tertiary alicyclic amines) is 1. The second kappa shape index (κ2) is 8.86. The largest absolute Gasteiger partial charge is 0.336 e. The molecule has 2 aliphatic rings. The molecule has 4 rings (SSSR count). The fourth-order valence-electron chi connectivity index (χ4n) is 4.40. The second-order valence-electron chi connectivity index (χ2n) is 8.05. The lowest BCUT2D eigenvalue weighted by Crippen LogP contribution is -2.30. The molecule has 0 aliphatic carbocycles. The summed E-state index contributed by atoms with van der Waals surface area (Å²) in [5, 5.41) is 0. The number of hydrogen-bond acceptors (Lipinski definition) is 3. The molecule has 2 aromatic carbocycles. The van der Waals surface area contributed by atoms with E-state index in [0.717, 1.165) is 36.8 Å². The average Bonchev–Trinajstić information content (AvgIpc) is 3.45. The summed E-state index contributed by atoms with van der Waals surface area (Å²) in [5.41, 5.74) is 1.92. The molecule has 160 valence electrons. The molecular formula is C23H27FN2O3S.